The maximum atomic E-state index is 13.6. The number of rotatable bonds is 2. The molecule has 1 spiro atoms. The Morgan fingerprint density at radius 2 is 1.66 bits per heavy atom. The van der Waals surface area contributed by atoms with Gasteiger partial charge in [-0.05, 0) is 29.8 Å². The SMILES string of the molecule is FC(F)(F)c1cccnc1CC1=Nc2ccccc2C12COc1cc3c(cc12)OCCO3. The number of hydrogen-bond acceptors (Lipinski definition) is 5. The van der Waals surface area contributed by atoms with Crippen LogP contribution in [0.3, 0.4) is 0 Å². The van der Waals surface area contributed by atoms with Gasteiger partial charge in [-0.25, -0.2) is 0 Å². The standard InChI is InChI=1S/C24H17F3N2O3/c25-24(26,27)15-5-3-7-28-18(15)11-22-23(14-4-1-2-6-17(14)29-22)13-32-19-12-21-20(10-16(19)23)30-8-9-31-21/h1-7,10,12H,8-9,11,13H2. The third kappa shape index (κ3) is 2.71. The van der Waals surface area contributed by atoms with E-state index in [1.807, 2.05) is 30.3 Å². The average Bonchev–Trinajstić information content (AvgIpc) is 3.31. The molecule has 32 heavy (non-hydrogen) atoms. The van der Waals surface area contributed by atoms with Gasteiger partial charge in [0.15, 0.2) is 11.5 Å². The Kier molecular flexibility index (Phi) is 4.02. The Labute approximate surface area is 181 Å². The molecule has 5 nitrogen and oxygen atoms in total. The molecule has 0 aliphatic carbocycles. The predicted octanol–water partition coefficient (Wildman–Crippen LogP) is 4.88. The van der Waals surface area contributed by atoms with Crippen LogP contribution < -0.4 is 14.2 Å². The first-order valence-electron chi connectivity index (χ1n) is 10.2. The molecule has 1 atom stereocenters. The molecule has 1 unspecified atom stereocenters. The third-order valence-corrected chi connectivity index (χ3v) is 6.19. The van der Waals surface area contributed by atoms with Crippen molar-refractivity contribution in [2.75, 3.05) is 19.8 Å². The second-order valence-corrected chi connectivity index (χ2v) is 7.93. The monoisotopic (exact) mass is 438 g/mol. The lowest BCUT2D eigenvalue weighted by molar-refractivity contribution is -0.138. The number of aliphatic imine (C=N–C) groups is 1. The van der Waals surface area contributed by atoms with Gasteiger partial charge in [0.25, 0.3) is 0 Å². The van der Waals surface area contributed by atoms with E-state index < -0.39 is 17.2 Å². The lowest BCUT2D eigenvalue weighted by Crippen LogP contribution is -2.38. The Hall–Kier alpha value is -3.55. The van der Waals surface area contributed by atoms with E-state index in [0.717, 1.165) is 22.9 Å². The van der Waals surface area contributed by atoms with E-state index in [9.17, 15) is 13.2 Å². The Balaban J connectivity index is 1.52. The van der Waals surface area contributed by atoms with Crippen molar-refractivity contribution in [3.8, 4) is 17.2 Å². The summed E-state index contributed by atoms with van der Waals surface area (Å²) in [5.74, 6) is 1.81. The minimum Gasteiger partial charge on any atom is -0.491 e. The van der Waals surface area contributed by atoms with Crippen molar-refractivity contribution in [2.45, 2.75) is 18.0 Å². The summed E-state index contributed by atoms with van der Waals surface area (Å²) >= 11 is 0. The van der Waals surface area contributed by atoms with Crippen molar-refractivity contribution in [3.05, 3.63) is 77.1 Å². The summed E-state index contributed by atoms with van der Waals surface area (Å²) in [5, 5.41) is 0. The van der Waals surface area contributed by atoms with Crippen LogP contribution in [0, 0.1) is 0 Å². The molecule has 1 aromatic heterocycles. The molecule has 0 radical (unpaired) electrons. The van der Waals surface area contributed by atoms with E-state index in [1.165, 1.54) is 12.3 Å². The van der Waals surface area contributed by atoms with Crippen molar-refractivity contribution >= 4 is 11.4 Å². The largest absolute Gasteiger partial charge is 0.491 e. The second-order valence-electron chi connectivity index (χ2n) is 7.93. The predicted molar refractivity (Wildman–Crippen MR) is 110 cm³/mol. The zero-order chi connectivity index (χ0) is 21.9. The van der Waals surface area contributed by atoms with Gasteiger partial charge in [0, 0.05) is 30.0 Å². The van der Waals surface area contributed by atoms with Crippen molar-refractivity contribution < 1.29 is 27.4 Å². The van der Waals surface area contributed by atoms with E-state index in [2.05, 4.69) is 4.98 Å². The van der Waals surface area contributed by atoms with Gasteiger partial charge in [-0.3, -0.25) is 9.98 Å². The highest BCUT2D eigenvalue weighted by Gasteiger charge is 2.52. The van der Waals surface area contributed by atoms with E-state index in [-0.39, 0.29) is 18.7 Å². The summed E-state index contributed by atoms with van der Waals surface area (Å²) in [6, 6.07) is 13.6. The van der Waals surface area contributed by atoms with Gasteiger partial charge in [-0.1, -0.05) is 18.2 Å². The molecule has 6 rings (SSSR count). The maximum Gasteiger partial charge on any atom is 0.418 e. The van der Waals surface area contributed by atoms with Crippen LogP contribution in [0.5, 0.6) is 17.2 Å². The van der Waals surface area contributed by atoms with Crippen LogP contribution in [-0.2, 0) is 18.0 Å². The summed E-state index contributed by atoms with van der Waals surface area (Å²) in [7, 11) is 0. The molecular formula is C24H17F3N2O3. The quantitative estimate of drug-likeness (QED) is 0.573. The number of halogens is 3. The van der Waals surface area contributed by atoms with Gasteiger partial charge in [0.1, 0.15) is 25.6 Å². The smallest absolute Gasteiger partial charge is 0.418 e. The fourth-order valence-corrected chi connectivity index (χ4v) is 4.76. The zero-order valence-electron chi connectivity index (χ0n) is 16.8. The number of nitrogens with zero attached hydrogens (tertiary/aromatic N) is 2. The van der Waals surface area contributed by atoms with Crippen molar-refractivity contribution in [1.29, 1.82) is 0 Å². The molecule has 0 N–H and O–H groups in total. The molecule has 0 saturated carbocycles. The number of alkyl halides is 3. The van der Waals surface area contributed by atoms with E-state index in [4.69, 9.17) is 19.2 Å². The topological polar surface area (TPSA) is 52.9 Å². The van der Waals surface area contributed by atoms with Crippen molar-refractivity contribution in [2.24, 2.45) is 4.99 Å². The number of ether oxygens (including phenoxy) is 3. The molecule has 3 aliphatic heterocycles. The first kappa shape index (κ1) is 19.2. The number of aromatic nitrogens is 1. The Morgan fingerprint density at radius 3 is 2.47 bits per heavy atom. The van der Waals surface area contributed by atoms with Crippen LogP contribution in [0.4, 0.5) is 18.9 Å². The molecule has 2 aromatic carbocycles. The first-order chi connectivity index (χ1) is 15.5. The highest BCUT2D eigenvalue weighted by molar-refractivity contribution is 6.07. The number of benzene rings is 2. The number of para-hydroxylation sites is 1. The van der Waals surface area contributed by atoms with Crippen LogP contribution in [0.25, 0.3) is 0 Å². The maximum absolute atomic E-state index is 13.6. The van der Waals surface area contributed by atoms with Gasteiger partial charge >= 0.3 is 6.18 Å². The lowest BCUT2D eigenvalue weighted by atomic mass is 9.72. The lowest BCUT2D eigenvalue weighted by Gasteiger charge is -2.27. The molecule has 0 bridgehead atoms. The van der Waals surface area contributed by atoms with E-state index >= 15 is 0 Å². The van der Waals surface area contributed by atoms with Crippen molar-refractivity contribution in [3.63, 3.8) is 0 Å². The van der Waals surface area contributed by atoms with E-state index in [0.29, 0.717) is 36.2 Å². The molecule has 162 valence electrons. The fraction of sp³-hybridized carbons (Fsp3) is 0.250. The first-order valence-corrected chi connectivity index (χ1v) is 10.2. The zero-order valence-corrected chi connectivity index (χ0v) is 16.8. The number of pyridine rings is 1. The summed E-state index contributed by atoms with van der Waals surface area (Å²) < 4.78 is 58.5. The highest BCUT2D eigenvalue weighted by Crippen LogP contribution is 2.54. The van der Waals surface area contributed by atoms with Gasteiger partial charge in [-0.2, -0.15) is 13.2 Å². The van der Waals surface area contributed by atoms with Crippen molar-refractivity contribution in [1.82, 2.24) is 4.98 Å². The normalized spacial score (nSPS) is 20.5. The van der Waals surface area contributed by atoms with Gasteiger partial charge in [0.05, 0.1) is 22.4 Å². The van der Waals surface area contributed by atoms with Crippen LogP contribution in [0.15, 0.2) is 59.7 Å². The highest BCUT2D eigenvalue weighted by atomic mass is 19.4. The van der Waals surface area contributed by atoms with Gasteiger partial charge < -0.3 is 14.2 Å². The Morgan fingerprint density at radius 1 is 0.875 bits per heavy atom. The minimum absolute atomic E-state index is 0.0540. The second kappa shape index (κ2) is 6.72. The molecule has 4 heterocycles. The molecule has 0 fully saturated rings. The fourth-order valence-electron chi connectivity index (χ4n) is 4.76. The molecular weight excluding hydrogens is 421 g/mol. The van der Waals surface area contributed by atoms with Crippen LogP contribution in [-0.4, -0.2) is 30.5 Å². The molecule has 0 amide bonds. The van der Waals surface area contributed by atoms with Gasteiger partial charge in [-0.15, -0.1) is 0 Å². The van der Waals surface area contributed by atoms with Gasteiger partial charge in [0.2, 0.25) is 0 Å². The Bertz CT molecular complexity index is 1270. The molecule has 3 aromatic rings. The van der Waals surface area contributed by atoms with Crippen LogP contribution >= 0.6 is 0 Å². The number of fused-ring (bicyclic) bond motifs is 5. The van der Waals surface area contributed by atoms with Crippen LogP contribution in [0.1, 0.15) is 22.4 Å². The van der Waals surface area contributed by atoms with Crippen LogP contribution in [0.2, 0.25) is 0 Å². The summed E-state index contributed by atoms with van der Waals surface area (Å²) in [4.78, 5) is 8.84. The summed E-state index contributed by atoms with van der Waals surface area (Å²) in [5.41, 5.74) is 1.37. The molecule has 3 aliphatic rings. The minimum atomic E-state index is -4.50. The third-order valence-electron chi connectivity index (χ3n) is 6.19. The molecule has 0 saturated heterocycles. The summed E-state index contributed by atoms with van der Waals surface area (Å²) in [6.07, 6.45) is -3.18. The molecule has 8 heteroatoms. The average molecular weight is 438 g/mol. The summed E-state index contributed by atoms with van der Waals surface area (Å²) in [6.45, 7) is 1.11. The number of hydrogen-bond donors (Lipinski definition) is 0. The van der Waals surface area contributed by atoms with E-state index in [1.54, 1.807) is 6.07 Å².